The van der Waals surface area contributed by atoms with Gasteiger partial charge in [0.1, 0.15) is 13.2 Å². The van der Waals surface area contributed by atoms with Gasteiger partial charge in [0.05, 0.1) is 0 Å². The lowest BCUT2D eigenvalue weighted by Crippen LogP contribution is -2.30. The Labute approximate surface area is 291 Å². The molecule has 278 valence electrons. The van der Waals surface area contributed by atoms with E-state index in [9.17, 15) is 14.4 Å². The zero-order valence-corrected chi connectivity index (χ0v) is 31.9. The van der Waals surface area contributed by atoms with Gasteiger partial charge in [-0.1, -0.05) is 176 Å². The molecule has 0 aromatic heterocycles. The third kappa shape index (κ3) is 34.1. The van der Waals surface area contributed by atoms with Crippen LogP contribution in [0.1, 0.15) is 214 Å². The van der Waals surface area contributed by atoms with Crippen molar-refractivity contribution in [3.8, 4) is 0 Å². The van der Waals surface area contributed by atoms with Crippen LogP contribution in [0.4, 0.5) is 0 Å². The Morgan fingerprint density at radius 1 is 0.447 bits per heavy atom. The number of hydrogen-bond acceptors (Lipinski definition) is 6. The first kappa shape index (κ1) is 45.4. The molecule has 0 rings (SSSR count). The van der Waals surface area contributed by atoms with E-state index in [1.165, 1.54) is 103 Å². The van der Waals surface area contributed by atoms with E-state index in [1.54, 1.807) is 0 Å². The number of unbranched alkanes of at least 4 members (excludes halogenated alkanes) is 19. The van der Waals surface area contributed by atoms with Crippen molar-refractivity contribution < 1.29 is 28.6 Å². The first-order valence-electron chi connectivity index (χ1n) is 20.3. The molecule has 0 aliphatic heterocycles. The highest BCUT2D eigenvalue weighted by molar-refractivity contribution is 5.71. The van der Waals surface area contributed by atoms with Crippen molar-refractivity contribution in [2.45, 2.75) is 221 Å². The first-order chi connectivity index (χ1) is 22.8. The van der Waals surface area contributed by atoms with Crippen LogP contribution in [0.15, 0.2) is 0 Å². The van der Waals surface area contributed by atoms with Crippen molar-refractivity contribution in [3.05, 3.63) is 0 Å². The fraction of sp³-hybridized carbons (Fsp3) is 0.927. The SMILES string of the molecule is CCCCCCCCCCCCC(=O)OC[C@@H](COC(=O)CCCCCCCCC(C)CC)OC(=O)CCCCCCCCC(C)C. The molecular weight excluding hydrogens is 588 g/mol. The summed E-state index contributed by atoms with van der Waals surface area (Å²) in [5.74, 6) is 0.700. The normalized spacial score (nSPS) is 12.6. The number of hydrogen-bond donors (Lipinski definition) is 0. The minimum atomic E-state index is -0.760. The topological polar surface area (TPSA) is 78.9 Å². The lowest BCUT2D eigenvalue weighted by atomic mass is 10.00. The molecule has 0 fully saturated rings. The second-order valence-electron chi connectivity index (χ2n) is 14.6. The summed E-state index contributed by atoms with van der Waals surface area (Å²) in [6.07, 6.45) is 29.6. The van der Waals surface area contributed by atoms with Crippen molar-refractivity contribution in [1.29, 1.82) is 0 Å². The highest BCUT2D eigenvalue weighted by atomic mass is 16.6. The largest absolute Gasteiger partial charge is 0.462 e. The van der Waals surface area contributed by atoms with E-state index in [0.717, 1.165) is 69.6 Å². The fourth-order valence-electron chi connectivity index (χ4n) is 5.84. The first-order valence-corrected chi connectivity index (χ1v) is 20.3. The van der Waals surface area contributed by atoms with Gasteiger partial charge < -0.3 is 14.2 Å². The second kappa shape index (κ2) is 34.3. The zero-order chi connectivity index (χ0) is 34.8. The van der Waals surface area contributed by atoms with Crippen molar-refractivity contribution in [3.63, 3.8) is 0 Å². The second-order valence-corrected chi connectivity index (χ2v) is 14.6. The van der Waals surface area contributed by atoms with E-state index >= 15 is 0 Å². The third-order valence-corrected chi connectivity index (χ3v) is 9.33. The van der Waals surface area contributed by atoms with Crippen LogP contribution in [0.5, 0.6) is 0 Å². The molecule has 0 saturated carbocycles. The average molecular weight is 667 g/mol. The van der Waals surface area contributed by atoms with Crippen LogP contribution in [0.3, 0.4) is 0 Å². The summed E-state index contributed by atoms with van der Waals surface area (Å²) >= 11 is 0. The van der Waals surface area contributed by atoms with Crippen LogP contribution in [0.2, 0.25) is 0 Å². The molecule has 0 aromatic carbocycles. The average Bonchev–Trinajstić information content (AvgIpc) is 3.05. The zero-order valence-electron chi connectivity index (χ0n) is 31.9. The molecule has 6 heteroatoms. The Balaban J connectivity index is 4.37. The molecular formula is C41H78O6. The smallest absolute Gasteiger partial charge is 0.306 e. The van der Waals surface area contributed by atoms with Crippen LogP contribution < -0.4 is 0 Å². The van der Waals surface area contributed by atoms with Crippen LogP contribution in [-0.4, -0.2) is 37.2 Å². The molecule has 0 aromatic rings. The Kier molecular flexibility index (Phi) is 33.1. The van der Waals surface area contributed by atoms with Gasteiger partial charge in [-0.25, -0.2) is 0 Å². The van der Waals surface area contributed by atoms with Gasteiger partial charge in [0.2, 0.25) is 0 Å². The van der Waals surface area contributed by atoms with Crippen LogP contribution in [0, 0.1) is 11.8 Å². The van der Waals surface area contributed by atoms with E-state index in [1.807, 2.05) is 0 Å². The van der Waals surface area contributed by atoms with Gasteiger partial charge in [-0.3, -0.25) is 14.4 Å². The molecule has 0 spiro atoms. The van der Waals surface area contributed by atoms with E-state index in [0.29, 0.717) is 19.3 Å². The summed E-state index contributed by atoms with van der Waals surface area (Å²) in [5, 5.41) is 0. The number of ether oxygens (including phenoxy) is 3. The molecule has 0 aliphatic rings. The molecule has 0 bridgehead atoms. The summed E-state index contributed by atoms with van der Waals surface area (Å²) in [6, 6.07) is 0. The fourth-order valence-corrected chi connectivity index (χ4v) is 5.84. The molecule has 6 nitrogen and oxygen atoms in total. The van der Waals surface area contributed by atoms with E-state index in [-0.39, 0.29) is 31.1 Å². The van der Waals surface area contributed by atoms with Gasteiger partial charge in [-0.15, -0.1) is 0 Å². The number of carbonyl (C=O) groups is 3. The maximum absolute atomic E-state index is 12.6. The van der Waals surface area contributed by atoms with E-state index in [4.69, 9.17) is 14.2 Å². The summed E-state index contributed by atoms with van der Waals surface area (Å²) in [6.45, 7) is 11.2. The highest BCUT2D eigenvalue weighted by Crippen LogP contribution is 2.16. The van der Waals surface area contributed by atoms with Gasteiger partial charge >= 0.3 is 17.9 Å². The highest BCUT2D eigenvalue weighted by Gasteiger charge is 2.19. The molecule has 2 atom stereocenters. The molecule has 0 saturated heterocycles. The summed E-state index contributed by atoms with van der Waals surface area (Å²) in [4.78, 5) is 37.4. The molecule has 0 amide bonds. The molecule has 0 aliphatic carbocycles. The Hall–Kier alpha value is -1.59. The Morgan fingerprint density at radius 2 is 0.809 bits per heavy atom. The van der Waals surface area contributed by atoms with E-state index < -0.39 is 6.10 Å². The van der Waals surface area contributed by atoms with Gasteiger partial charge in [0, 0.05) is 19.3 Å². The van der Waals surface area contributed by atoms with Crippen LogP contribution in [-0.2, 0) is 28.6 Å². The molecule has 0 radical (unpaired) electrons. The molecule has 0 heterocycles. The summed E-state index contributed by atoms with van der Waals surface area (Å²) in [7, 11) is 0. The minimum absolute atomic E-state index is 0.0673. The van der Waals surface area contributed by atoms with Crippen LogP contribution in [0.25, 0.3) is 0 Å². The number of carbonyl (C=O) groups excluding carboxylic acids is 3. The van der Waals surface area contributed by atoms with Gasteiger partial charge in [0.25, 0.3) is 0 Å². The van der Waals surface area contributed by atoms with Crippen molar-refractivity contribution in [2.24, 2.45) is 11.8 Å². The van der Waals surface area contributed by atoms with Gasteiger partial charge in [0.15, 0.2) is 6.10 Å². The lowest BCUT2D eigenvalue weighted by molar-refractivity contribution is -0.167. The van der Waals surface area contributed by atoms with Gasteiger partial charge in [-0.2, -0.15) is 0 Å². The third-order valence-electron chi connectivity index (χ3n) is 9.33. The predicted octanol–water partition coefficient (Wildman–Crippen LogP) is 12.2. The van der Waals surface area contributed by atoms with Crippen molar-refractivity contribution >= 4 is 17.9 Å². The summed E-state index contributed by atoms with van der Waals surface area (Å²) in [5.41, 5.74) is 0. The maximum atomic E-state index is 12.6. The molecule has 47 heavy (non-hydrogen) atoms. The van der Waals surface area contributed by atoms with Crippen molar-refractivity contribution in [2.75, 3.05) is 13.2 Å². The lowest BCUT2D eigenvalue weighted by Gasteiger charge is -2.18. The van der Waals surface area contributed by atoms with Gasteiger partial charge in [-0.05, 0) is 31.1 Å². The summed E-state index contributed by atoms with van der Waals surface area (Å²) < 4.78 is 16.6. The van der Waals surface area contributed by atoms with E-state index in [2.05, 4.69) is 34.6 Å². The van der Waals surface area contributed by atoms with Crippen LogP contribution >= 0.6 is 0 Å². The molecule has 1 unspecified atom stereocenters. The maximum Gasteiger partial charge on any atom is 0.306 e. The quantitative estimate of drug-likeness (QED) is 0.0380. The Bertz CT molecular complexity index is 721. The monoisotopic (exact) mass is 667 g/mol. The Morgan fingerprint density at radius 3 is 1.21 bits per heavy atom. The number of esters is 3. The number of rotatable bonds is 35. The standard InChI is InChI=1S/C41H78O6/c1-6-8-9-10-11-12-13-14-21-26-31-39(42)45-34-38(47-41(44)33-28-23-17-15-19-24-29-36(3)4)35-46-40(43)32-27-22-18-16-20-25-30-37(5)7-2/h36-38H,6-35H2,1-5H3/t37?,38-/m0/s1. The predicted molar refractivity (Wildman–Crippen MR) is 196 cm³/mol. The van der Waals surface area contributed by atoms with Crippen molar-refractivity contribution in [1.82, 2.24) is 0 Å². The minimum Gasteiger partial charge on any atom is -0.462 e. The molecule has 0 N–H and O–H groups in total.